The van der Waals surface area contributed by atoms with Crippen LogP contribution in [-0.2, 0) is 14.6 Å². The smallest absolute Gasteiger partial charge is 0.343 e. The first-order valence-electron chi connectivity index (χ1n) is 9.60. The first-order chi connectivity index (χ1) is 15.7. The van der Waals surface area contributed by atoms with Crippen LogP contribution in [0.5, 0.6) is 5.75 Å². The number of aryl methyl sites for hydroxylation is 1. The molecular weight excluding hydrogens is 464 g/mol. The van der Waals surface area contributed by atoms with E-state index in [0.717, 1.165) is 5.56 Å². The molecule has 0 bridgehead atoms. The number of anilines is 1. The quantitative estimate of drug-likeness (QED) is 0.178. The maximum absolute atomic E-state index is 12.4. The second kappa shape index (κ2) is 10.2. The Morgan fingerprint density at radius 3 is 2.39 bits per heavy atom. The number of nitrogens with one attached hydrogen (secondary N) is 1. The van der Waals surface area contributed by atoms with Crippen LogP contribution in [0.25, 0.3) is 6.08 Å². The van der Waals surface area contributed by atoms with E-state index in [1.807, 2.05) is 19.1 Å². The van der Waals surface area contributed by atoms with Gasteiger partial charge in [-0.2, -0.15) is 5.26 Å². The highest BCUT2D eigenvalue weighted by Gasteiger charge is 2.20. The van der Waals surface area contributed by atoms with Crippen LogP contribution in [0.4, 0.5) is 5.13 Å². The lowest BCUT2D eigenvalue weighted by Gasteiger charge is -2.05. The highest BCUT2D eigenvalue weighted by atomic mass is 32.2. The van der Waals surface area contributed by atoms with E-state index < -0.39 is 21.7 Å². The van der Waals surface area contributed by atoms with Crippen LogP contribution in [0.1, 0.15) is 28.4 Å². The average Bonchev–Trinajstić information content (AvgIpc) is 3.28. The highest BCUT2D eigenvalue weighted by molar-refractivity contribution is 7.93. The van der Waals surface area contributed by atoms with Crippen molar-refractivity contribution in [3.8, 4) is 11.8 Å². The molecule has 0 aliphatic rings. The van der Waals surface area contributed by atoms with Gasteiger partial charge in [-0.3, -0.25) is 10.1 Å². The molecule has 3 rings (SSSR count). The van der Waals surface area contributed by atoms with Crippen LogP contribution in [-0.4, -0.2) is 36.2 Å². The van der Waals surface area contributed by atoms with E-state index in [4.69, 9.17) is 4.74 Å². The predicted octanol–water partition coefficient (Wildman–Crippen LogP) is 3.41. The summed E-state index contributed by atoms with van der Waals surface area (Å²) in [5.41, 5.74) is 1.73. The van der Waals surface area contributed by atoms with E-state index in [0.29, 0.717) is 28.2 Å². The summed E-state index contributed by atoms with van der Waals surface area (Å²) in [7, 11) is -3.54. The predicted molar refractivity (Wildman–Crippen MR) is 122 cm³/mol. The Hall–Kier alpha value is -3.88. The Bertz CT molecular complexity index is 1350. The minimum atomic E-state index is -3.54. The second-order valence-electron chi connectivity index (χ2n) is 6.73. The van der Waals surface area contributed by atoms with Gasteiger partial charge < -0.3 is 4.74 Å². The normalized spacial score (nSPS) is 11.5. The highest BCUT2D eigenvalue weighted by Crippen LogP contribution is 2.22. The molecule has 168 valence electrons. The molecule has 9 nitrogen and oxygen atoms in total. The number of sulfone groups is 1. The van der Waals surface area contributed by atoms with Crippen LogP contribution in [0.3, 0.4) is 0 Å². The zero-order valence-corrected chi connectivity index (χ0v) is 19.2. The molecule has 3 aromatic rings. The van der Waals surface area contributed by atoms with Gasteiger partial charge in [-0.1, -0.05) is 48.1 Å². The molecule has 0 atom stereocenters. The number of amides is 1. The van der Waals surface area contributed by atoms with E-state index in [2.05, 4.69) is 15.5 Å². The summed E-state index contributed by atoms with van der Waals surface area (Å²) in [4.78, 5) is 24.6. The van der Waals surface area contributed by atoms with E-state index in [-0.39, 0.29) is 20.8 Å². The number of nitriles is 1. The number of rotatable bonds is 7. The molecule has 2 aromatic carbocycles. The molecule has 0 saturated heterocycles. The van der Waals surface area contributed by atoms with Gasteiger partial charge in [0.2, 0.25) is 19.3 Å². The van der Waals surface area contributed by atoms with Crippen LogP contribution in [0, 0.1) is 18.3 Å². The van der Waals surface area contributed by atoms with Crippen LogP contribution in [0.15, 0.2) is 58.4 Å². The molecule has 1 aromatic heterocycles. The number of esters is 1. The summed E-state index contributed by atoms with van der Waals surface area (Å²) in [6.45, 7) is 3.39. The number of nitrogens with zero attached hydrogens (tertiary/aromatic N) is 3. The standard InChI is InChI=1S/C22H18N4O5S2/c1-3-33(29,30)22-26-25-21(32-22)24-19(27)17(13-23)12-15-6-10-18(11-7-15)31-20(28)16-8-4-14(2)5-9-16/h4-12H,3H2,1-2H3,(H,24,25,27)/b17-12-. The minimum Gasteiger partial charge on any atom is -0.423 e. The van der Waals surface area contributed by atoms with Gasteiger partial charge in [-0.15, -0.1) is 10.2 Å². The summed E-state index contributed by atoms with van der Waals surface area (Å²) < 4.78 is 28.8. The Labute approximate surface area is 194 Å². The fraction of sp³-hybridized carbons (Fsp3) is 0.136. The van der Waals surface area contributed by atoms with E-state index in [1.165, 1.54) is 25.1 Å². The molecule has 11 heteroatoms. The molecule has 0 radical (unpaired) electrons. The van der Waals surface area contributed by atoms with Gasteiger partial charge in [-0.25, -0.2) is 13.2 Å². The van der Waals surface area contributed by atoms with Gasteiger partial charge in [0.15, 0.2) is 0 Å². The number of hydrogen-bond acceptors (Lipinski definition) is 9. The van der Waals surface area contributed by atoms with Crippen LogP contribution in [0.2, 0.25) is 0 Å². The molecule has 1 heterocycles. The van der Waals surface area contributed by atoms with Crippen molar-refractivity contribution in [2.75, 3.05) is 11.1 Å². The van der Waals surface area contributed by atoms with Crippen molar-refractivity contribution in [1.29, 1.82) is 5.26 Å². The molecule has 0 unspecified atom stereocenters. The molecule has 1 amide bonds. The number of ether oxygens (including phenoxy) is 1. The van der Waals surface area contributed by atoms with Crippen LogP contribution >= 0.6 is 11.3 Å². The molecule has 33 heavy (non-hydrogen) atoms. The molecule has 0 aliphatic carbocycles. The monoisotopic (exact) mass is 482 g/mol. The lowest BCUT2D eigenvalue weighted by molar-refractivity contribution is -0.112. The Morgan fingerprint density at radius 2 is 1.79 bits per heavy atom. The summed E-state index contributed by atoms with van der Waals surface area (Å²) in [5.74, 6) is -1.10. The van der Waals surface area contributed by atoms with Gasteiger partial charge in [0, 0.05) is 0 Å². The van der Waals surface area contributed by atoms with Crippen LogP contribution < -0.4 is 10.1 Å². The molecule has 0 aliphatic heterocycles. The maximum atomic E-state index is 12.4. The number of benzene rings is 2. The van der Waals surface area contributed by atoms with Crippen molar-refractivity contribution in [2.24, 2.45) is 0 Å². The number of aromatic nitrogens is 2. The van der Waals surface area contributed by atoms with Gasteiger partial charge in [-0.05, 0) is 42.8 Å². The Morgan fingerprint density at radius 1 is 1.12 bits per heavy atom. The summed E-state index contributed by atoms with van der Waals surface area (Å²) in [6.07, 6.45) is 1.34. The van der Waals surface area contributed by atoms with Gasteiger partial charge in [0.25, 0.3) is 5.91 Å². The Balaban J connectivity index is 1.68. The minimum absolute atomic E-state index is 0.0356. The lowest BCUT2D eigenvalue weighted by atomic mass is 10.1. The topological polar surface area (TPSA) is 139 Å². The van der Waals surface area contributed by atoms with Crippen molar-refractivity contribution in [3.63, 3.8) is 0 Å². The SMILES string of the molecule is CCS(=O)(=O)c1nnc(NC(=O)/C(C#N)=C\c2ccc(OC(=O)c3ccc(C)cc3)cc2)s1. The fourth-order valence-electron chi connectivity index (χ4n) is 2.48. The van der Waals surface area contributed by atoms with Crippen molar-refractivity contribution in [3.05, 3.63) is 70.8 Å². The molecule has 0 spiro atoms. The second-order valence-corrected chi connectivity index (χ2v) is 10.2. The first-order valence-corrected chi connectivity index (χ1v) is 12.1. The van der Waals surface area contributed by atoms with E-state index >= 15 is 0 Å². The fourth-order valence-corrected chi connectivity index (χ4v) is 4.46. The Kier molecular flexibility index (Phi) is 7.32. The van der Waals surface area contributed by atoms with Crippen molar-refractivity contribution < 1.29 is 22.7 Å². The van der Waals surface area contributed by atoms with Gasteiger partial charge in [0.1, 0.15) is 17.4 Å². The molecule has 1 N–H and O–H groups in total. The summed E-state index contributed by atoms with van der Waals surface area (Å²) >= 11 is 0.706. The van der Waals surface area contributed by atoms with Gasteiger partial charge >= 0.3 is 5.97 Å². The zero-order chi connectivity index (χ0) is 24.0. The first kappa shape index (κ1) is 23.8. The molecular formula is C22H18N4O5S2. The van der Waals surface area contributed by atoms with Crippen molar-refractivity contribution in [2.45, 2.75) is 18.2 Å². The van der Waals surface area contributed by atoms with Gasteiger partial charge in [0.05, 0.1) is 11.3 Å². The number of carbonyl (C=O) groups is 2. The van der Waals surface area contributed by atoms with E-state index in [1.54, 1.807) is 30.3 Å². The van der Waals surface area contributed by atoms with Crippen molar-refractivity contribution >= 4 is 44.3 Å². The maximum Gasteiger partial charge on any atom is 0.343 e. The number of hydrogen-bond donors (Lipinski definition) is 1. The zero-order valence-electron chi connectivity index (χ0n) is 17.6. The summed E-state index contributed by atoms with van der Waals surface area (Å²) in [6, 6.07) is 15.0. The third-order valence-electron chi connectivity index (χ3n) is 4.33. The van der Waals surface area contributed by atoms with E-state index in [9.17, 15) is 23.3 Å². The average molecular weight is 483 g/mol. The lowest BCUT2D eigenvalue weighted by Crippen LogP contribution is -2.13. The molecule has 0 fully saturated rings. The third-order valence-corrected chi connectivity index (χ3v) is 7.35. The summed E-state index contributed by atoms with van der Waals surface area (Å²) in [5, 5.41) is 18.9. The largest absolute Gasteiger partial charge is 0.423 e. The van der Waals surface area contributed by atoms with Crippen molar-refractivity contribution in [1.82, 2.24) is 10.2 Å². The number of carbonyl (C=O) groups excluding carboxylic acids is 2. The molecule has 0 saturated carbocycles. The third kappa shape index (κ3) is 6.09.